The molecule has 0 aliphatic heterocycles. The SMILES string of the molecule is CCN(CC(=O)Nc1c(F)cccc1F)C(=O)c1cc(F)ccc1F. The molecule has 0 aliphatic carbocycles. The second-order valence-corrected chi connectivity index (χ2v) is 5.09. The molecule has 0 unspecified atom stereocenters. The normalized spacial score (nSPS) is 10.4. The molecular formula is C17H14F4N2O2. The van der Waals surface area contributed by atoms with Crippen molar-refractivity contribution in [2.45, 2.75) is 6.92 Å². The molecule has 8 heteroatoms. The maximum atomic E-state index is 13.7. The number of hydrogen-bond acceptors (Lipinski definition) is 2. The zero-order valence-electron chi connectivity index (χ0n) is 13.2. The number of nitrogens with one attached hydrogen (secondary N) is 1. The van der Waals surface area contributed by atoms with Crippen molar-refractivity contribution in [1.29, 1.82) is 0 Å². The molecule has 0 bridgehead atoms. The largest absolute Gasteiger partial charge is 0.330 e. The summed E-state index contributed by atoms with van der Waals surface area (Å²) in [4.78, 5) is 25.2. The van der Waals surface area contributed by atoms with Crippen LogP contribution in [0, 0.1) is 23.3 Å². The summed E-state index contributed by atoms with van der Waals surface area (Å²) in [6.07, 6.45) is 0. The van der Waals surface area contributed by atoms with Crippen LogP contribution >= 0.6 is 0 Å². The van der Waals surface area contributed by atoms with Crippen molar-refractivity contribution in [2.24, 2.45) is 0 Å². The van der Waals surface area contributed by atoms with Gasteiger partial charge in [0.15, 0.2) is 0 Å². The first kappa shape index (κ1) is 18.4. The first-order valence-electron chi connectivity index (χ1n) is 7.31. The molecule has 0 aliphatic rings. The van der Waals surface area contributed by atoms with E-state index in [2.05, 4.69) is 0 Å². The van der Waals surface area contributed by atoms with Crippen molar-refractivity contribution in [1.82, 2.24) is 4.90 Å². The summed E-state index contributed by atoms with van der Waals surface area (Å²) >= 11 is 0. The van der Waals surface area contributed by atoms with Crippen molar-refractivity contribution in [3.05, 3.63) is 65.2 Å². The van der Waals surface area contributed by atoms with Gasteiger partial charge in [0.2, 0.25) is 5.91 Å². The second-order valence-electron chi connectivity index (χ2n) is 5.09. The monoisotopic (exact) mass is 354 g/mol. The van der Waals surface area contributed by atoms with Crippen molar-refractivity contribution in [2.75, 3.05) is 18.4 Å². The quantitative estimate of drug-likeness (QED) is 0.838. The Kier molecular flexibility index (Phi) is 5.74. The van der Waals surface area contributed by atoms with E-state index in [1.54, 1.807) is 0 Å². The van der Waals surface area contributed by atoms with Gasteiger partial charge in [0, 0.05) is 6.54 Å². The van der Waals surface area contributed by atoms with Crippen molar-refractivity contribution in [3.8, 4) is 0 Å². The van der Waals surface area contributed by atoms with E-state index in [0.717, 1.165) is 41.3 Å². The highest BCUT2D eigenvalue weighted by atomic mass is 19.1. The predicted molar refractivity (Wildman–Crippen MR) is 82.9 cm³/mol. The minimum absolute atomic E-state index is 0.00195. The predicted octanol–water partition coefficient (Wildman–Crippen LogP) is 3.34. The van der Waals surface area contributed by atoms with E-state index in [9.17, 15) is 27.2 Å². The van der Waals surface area contributed by atoms with Gasteiger partial charge in [-0.3, -0.25) is 9.59 Å². The molecule has 0 spiro atoms. The number of likely N-dealkylation sites (N-methyl/N-ethyl adjacent to an activating group) is 1. The van der Waals surface area contributed by atoms with Gasteiger partial charge in [0.05, 0.1) is 5.56 Å². The number of carbonyl (C=O) groups excluding carboxylic acids is 2. The van der Waals surface area contributed by atoms with Gasteiger partial charge in [0.25, 0.3) is 5.91 Å². The summed E-state index contributed by atoms with van der Waals surface area (Å²) in [7, 11) is 0. The van der Waals surface area contributed by atoms with Crippen LogP contribution in [0.3, 0.4) is 0 Å². The van der Waals surface area contributed by atoms with E-state index in [1.807, 2.05) is 5.32 Å². The fourth-order valence-electron chi connectivity index (χ4n) is 2.13. The number of benzene rings is 2. The Labute approximate surface area is 141 Å². The number of halogens is 4. The van der Waals surface area contributed by atoms with Crippen LogP contribution in [0.25, 0.3) is 0 Å². The van der Waals surface area contributed by atoms with Crippen molar-refractivity contribution >= 4 is 17.5 Å². The third-order valence-corrected chi connectivity index (χ3v) is 3.39. The number of hydrogen-bond donors (Lipinski definition) is 1. The average molecular weight is 354 g/mol. The van der Waals surface area contributed by atoms with Gasteiger partial charge in [-0.1, -0.05) is 6.07 Å². The summed E-state index contributed by atoms with van der Waals surface area (Å²) in [6.45, 7) is 0.938. The van der Waals surface area contributed by atoms with Crippen LogP contribution in [-0.2, 0) is 4.79 Å². The van der Waals surface area contributed by atoms with Crippen LogP contribution in [0.2, 0.25) is 0 Å². The van der Waals surface area contributed by atoms with Gasteiger partial charge in [-0.15, -0.1) is 0 Å². The fraction of sp³-hybridized carbons (Fsp3) is 0.176. The highest BCUT2D eigenvalue weighted by molar-refractivity contribution is 5.99. The minimum atomic E-state index is -0.973. The minimum Gasteiger partial charge on any atom is -0.330 e. The molecule has 2 aromatic carbocycles. The molecule has 0 atom stereocenters. The molecule has 0 aromatic heterocycles. The summed E-state index contributed by atoms with van der Waals surface area (Å²) in [5.41, 5.74) is -1.18. The molecule has 2 amide bonds. The van der Waals surface area contributed by atoms with E-state index in [0.29, 0.717) is 0 Å². The van der Waals surface area contributed by atoms with Gasteiger partial charge < -0.3 is 10.2 Å². The summed E-state index contributed by atoms with van der Waals surface area (Å²) in [5, 5.41) is 2.02. The highest BCUT2D eigenvalue weighted by Crippen LogP contribution is 2.18. The van der Waals surface area contributed by atoms with Crippen LogP contribution in [0.1, 0.15) is 17.3 Å². The fourth-order valence-corrected chi connectivity index (χ4v) is 2.13. The smallest absolute Gasteiger partial charge is 0.257 e. The van der Waals surface area contributed by atoms with Crippen LogP contribution in [0.4, 0.5) is 23.2 Å². The van der Waals surface area contributed by atoms with E-state index < -0.39 is 52.9 Å². The molecular weight excluding hydrogens is 340 g/mol. The van der Waals surface area contributed by atoms with Gasteiger partial charge >= 0.3 is 0 Å². The first-order valence-corrected chi connectivity index (χ1v) is 7.31. The molecule has 4 nitrogen and oxygen atoms in total. The topological polar surface area (TPSA) is 49.4 Å². The average Bonchev–Trinajstić information content (AvgIpc) is 2.57. The maximum absolute atomic E-state index is 13.7. The van der Waals surface area contributed by atoms with Crippen LogP contribution in [-0.4, -0.2) is 29.8 Å². The van der Waals surface area contributed by atoms with E-state index in [-0.39, 0.29) is 6.54 Å². The maximum Gasteiger partial charge on any atom is 0.257 e. The Balaban J connectivity index is 2.14. The number of para-hydroxylation sites is 1. The van der Waals surface area contributed by atoms with Gasteiger partial charge in [-0.05, 0) is 37.3 Å². The molecule has 0 radical (unpaired) electrons. The standard InChI is InChI=1S/C17H14F4N2O2/c1-2-23(17(25)11-8-10(18)6-7-12(11)19)9-15(24)22-16-13(20)4-3-5-14(16)21/h3-8H,2,9H2,1H3,(H,22,24). The summed E-state index contributed by atoms with van der Waals surface area (Å²) in [6, 6.07) is 5.43. The van der Waals surface area contributed by atoms with Crippen molar-refractivity contribution in [3.63, 3.8) is 0 Å². The van der Waals surface area contributed by atoms with Crippen LogP contribution in [0.5, 0.6) is 0 Å². The Morgan fingerprint density at radius 1 is 1.00 bits per heavy atom. The van der Waals surface area contributed by atoms with Crippen LogP contribution < -0.4 is 5.32 Å². The van der Waals surface area contributed by atoms with E-state index in [4.69, 9.17) is 0 Å². The third kappa shape index (κ3) is 4.34. The Hall–Kier alpha value is -2.90. The highest BCUT2D eigenvalue weighted by Gasteiger charge is 2.22. The lowest BCUT2D eigenvalue weighted by Crippen LogP contribution is -2.38. The van der Waals surface area contributed by atoms with E-state index in [1.165, 1.54) is 6.92 Å². The lowest BCUT2D eigenvalue weighted by molar-refractivity contribution is -0.116. The number of amides is 2. The summed E-state index contributed by atoms with van der Waals surface area (Å²) in [5.74, 6) is -5.48. The Morgan fingerprint density at radius 2 is 1.64 bits per heavy atom. The lowest BCUT2D eigenvalue weighted by Gasteiger charge is -2.21. The molecule has 25 heavy (non-hydrogen) atoms. The van der Waals surface area contributed by atoms with E-state index >= 15 is 0 Å². The van der Waals surface area contributed by atoms with Crippen molar-refractivity contribution < 1.29 is 27.2 Å². The molecule has 0 heterocycles. The third-order valence-electron chi connectivity index (χ3n) is 3.39. The number of carbonyl (C=O) groups is 2. The number of anilines is 1. The molecule has 132 valence electrons. The first-order chi connectivity index (χ1) is 11.8. The van der Waals surface area contributed by atoms with Gasteiger partial charge in [0.1, 0.15) is 35.5 Å². The van der Waals surface area contributed by atoms with Crippen LogP contribution in [0.15, 0.2) is 36.4 Å². The number of rotatable bonds is 5. The summed E-state index contributed by atoms with van der Waals surface area (Å²) < 4.78 is 54.0. The molecule has 0 saturated carbocycles. The molecule has 2 aromatic rings. The Bertz CT molecular complexity index is 791. The number of nitrogens with zero attached hydrogens (tertiary/aromatic N) is 1. The molecule has 0 fully saturated rings. The Morgan fingerprint density at radius 3 is 2.24 bits per heavy atom. The van der Waals surface area contributed by atoms with Gasteiger partial charge in [-0.2, -0.15) is 0 Å². The molecule has 2 rings (SSSR count). The second kappa shape index (κ2) is 7.78. The molecule has 0 saturated heterocycles. The lowest BCUT2D eigenvalue weighted by atomic mass is 10.1. The zero-order chi connectivity index (χ0) is 18.6. The zero-order valence-corrected chi connectivity index (χ0v) is 13.2. The molecule has 1 N–H and O–H groups in total. The van der Waals surface area contributed by atoms with Gasteiger partial charge in [-0.25, -0.2) is 17.6 Å².